The summed E-state index contributed by atoms with van der Waals surface area (Å²) in [6.45, 7) is 2.88. The van der Waals surface area contributed by atoms with Crippen LogP contribution in [0.2, 0.25) is 5.15 Å². The van der Waals surface area contributed by atoms with Crippen molar-refractivity contribution in [1.29, 1.82) is 0 Å². The van der Waals surface area contributed by atoms with Crippen molar-refractivity contribution in [2.75, 3.05) is 26.2 Å². The SMILES string of the molecule is O=C(c1cc(Br)cnc1Cl)N1CCN(C(c2ccccc2)c2ccccc2)CC1. The number of benzene rings is 2. The molecule has 1 aliphatic heterocycles. The van der Waals surface area contributed by atoms with Crippen LogP contribution in [0.4, 0.5) is 0 Å². The van der Waals surface area contributed by atoms with Crippen LogP contribution in [-0.2, 0) is 0 Å². The Kier molecular flexibility index (Phi) is 6.28. The van der Waals surface area contributed by atoms with Crippen molar-refractivity contribution in [2.45, 2.75) is 6.04 Å². The first-order valence-corrected chi connectivity index (χ1v) is 10.7. The highest BCUT2D eigenvalue weighted by Gasteiger charge is 2.29. The van der Waals surface area contributed by atoms with Crippen molar-refractivity contribution in [3.05, 3.63) is 99.2 Å². The fourth-order valence-corrected chi connectivity index (χ4v) is 4.33. The number of hydrogen-bond acceptors (Lipinski definition) is 3. The maximum atomic E-state index is 13.0. The molecule has 1 aliphatic rings. The minimum absolute atomic E-state index is 0.0700. The molecular weight excluding hydrogens is 450 g/mol. The van der Waals surface area contributed by atoms with E-state index in [2.05, 4.69) is 74.3 Å². The lowest BCUT2D eigenvalue weighted by atomic mass is 9.96. The average molecular weight is 471 g/mol. The number of halogens is 2. The molecule has 1 amide bonds. The van der Waals surface area contributed by atoms with Gasteiger partial charge in [0, 0.05) is 36.8 Å². The summed E-state index contributed by atoms with van der Waals surface area (Å²) in [5, 5.41) is 0.243. The largest absolute Gasteiger partial charge is 0.336 e. The Morgan fingerprint density at radius 3 is 2.03 bits per heavy atom. The first kappa shape index (κ1) is 20.1. The quantitative estimate of drug-likeness (QED) is 0.501. The van der Waals surface area contributed by atoms with Crippen molar-refractivity contribution >= 4 is 33.4 Å². The molecule has 2 heterocycles. The number of piperazine rings is 1. The van der Waals surface area contributed by atoms with Gasteiger partial charge in [-0.1, -0.05) is 72.3 Å². The summed E-state index contributed by atoms with van der Waals surface area (Å²) in [4.78, 5) is 21.3. The number of aromatic nitrogens is 1. The molecule has 148 valence electrons. The summed E-state index contributed by atoms with van der Waals surface area (Å²) in [5.41, 5.74) is 2.97. The van der Waals surface area contributed by atoms with Gasteiger partial charge in [-0.2, -0.15) is 0 Å². The summed E-state index contributed by atoms with van der Waals surface area (Å²) in [6, 6.07) is 23.0. The van der Waals surface area contributed by atoms with Crippen LogP contribution in [-0.4, -0.2) is 46.9 Å². The van der Waals surface area contributed by atoms with Crippen molar-refractivity contribution in [1.82, 2.24) is 14.8 Å². The van der Waals surface area contributed by atoms with Crippen LogP contribution in [0.5, 0.6) is 0 Å². The van der Waals surface area contributed by atoms with Gasteiger partial charge in [0.05, 0.1) is 11.6 Å². The third-order valence-corrected chi connectivity index (χ3v) is 5.97. The molecule has 1 aromatic heterocycles. The van der Waals surface area contributed by atoms with Crippen molar-refractivity contribution < 1.29 is 4.79 Å². The number of carbonyl (C=O) groups excluding carboxylic acids is 1. The predicted molar refractivity (Wildman–Crippen MR) is 119 cm³/mol. The van der Waals surface area contributed by atoms with Crippen LogP contribution < -0.4 is 0 Å². The number of carbonyl (C=O) groups is 1. The maximum Gasteiger partial charge on any atom is 0.257 e. The van der Waals surface area contributed by atoms with Gasteiger partial charge in [0.25, 0.3) is 5.91 Å². The van der Waals surface area contributed by atoms with Crippen molar-refractivity contribution in [3.8, 4) is 0 Å². The third-order valence-electron chi connectivity index (χ3n) is 5.23. The molecule has 4 nitrogen and oxygen atoms in total. The average Bonchev–Trinajstić information content (AvgIpc) is 2.77. The molecular formula is C23H21BrClN3O. The van der Waals surface area contributed by atoms with Crippen molar-refractivity contribution in [2.24, 2.45) is 0 Å². The molecule has 3 aromatic rings. The molecule has 0 atom stereocenters. The summed E-state index contributed by atoms with van der Waals surface area (Å²) < 4.78 is 0.747. The Hall–Kier alpha value is -2.21. The smallest absolute Gasteiger partial charge is 0.257 e. The second-order valence-electron chi connectivity index (χ2n) is 7.04. The molecule has 2 aromatic carbocycles. The summed E-state index contributed by atoms with van der Waals surface area (Å²) in [6.07, 6.45) is 1.60. The lowest BCUT2D eigenvalue weighted by molar-refractivity contribution is 0.0597. The second-order valence-corrected chi connectivity index (χ2v) is 8.32. The Morgan fingerprint density at radius 1 is 0.931 bits per heavy atom. The normalized spacial score (nSPS) is 14.9. The van der Waals surface area contributed by atoms with Crippen LogP contribution >= 0.6 is 27.5 Å². The van der Waals surface area contributed by atoms with Gasteiger partial charge in [-0.05, 0) is 33.1 Å². The van der Waals surface area contributed by atoms with Gasteiger partial charge in [0.2, 0.25) is 0 Å². The molecule has 29 heavy (non-hydrogen) atoms. The van der Waals surface area contributed by atoms with Crippen LogP contribution in [0.25, 0.3) is 0 Å². The number of pyridine rings is 1. The summed E-state index contributed by atoms with van der Waals surface area (Å²) in [5.74, 6) is -0.0700. The molecule has 0 bridgehead atoms. The Morgan fingerprint density at radius 2 is 1.48 bits per heavy atom. The van der Waals surface area contributed by atoms with Crippen LogP contribution in [0.3, 0.4) is 0 Å². The number of nitrogens with zero attached hydrogens (tertiary/aromatic N) is 3. The topological polar surface area (TPSA) is 36.4 Å². The number of hydrogen-bond donors (Lipinski definition) is 0. The van der Waals surface area contributed by atoms with E-state index in [1.807, 2.05) is 17.0 Å². The Balaban J connectivity index is 1.52. The molecule has 1 saturated heterocycles. The lowest BCUT2D eigenvalue weighted by Crippen LogP contribution is -2.50. The third kappa shape index (κ3) is 4.53. The maximum absolute atomic E-state index is 13.0. The first-order valence-electron chi connectivity index (χ1n) is 9.58. The van der Waals surface area contributed by atoms with Gasteiger partial charge in [0.1, 0.15) is 5.15 Å². The zero-order chi connectivity index (χ0) is 20.2. The van der Waals surface area contributed by atoms with Gasteiger partial charge in [-0.3, -0.25) is 9.69 Å². The fourth-order valence-electron chi connectivity index (χ4n) is 3.81. The van der Waals surface area contributed by atoms with E-state index in [1.54, 1.807) is 12.3 Å². The molecule has 0 radical (unpaired) electrons. The molecule has 0 aliphatic carbocycles. The van der Waals surface area contributed by atoms with Gasteiger partial charge in [0.15, 0.2) is 0 Å². The standard InChI is InChI=1S/C23H21BrClN3O/c24-19-15-20(22(25)26-16-19)23(29)28-13-11-27(12-14-28)21(17-7-3-1-4-8-17)18-9-5-2-6-10-18/h1-10,15-16,21H,11-14H2. The van der Waals surface area contributed by atoms with E-state index in [0.29, 0.717) is 18.7 Å². The highest BCUT2D eigenvalue weighted by molar-refractivity contribution is 9.10. The predicted octanol–water partition coefficient (Wildman–Crippen LogP) is 5.04. The van der Waals surface area contributed by atoms with Gasteiger partial charge in [-0.15, -0.1) is 0 Å². The fraction of sp³-hybridized carbons (Fsp3) is 0.217. The lowest BCUT2D eigenvalue weighted by Gasteiger charge is -2.39. The number of rotatable bonds is 4. The minimum atomic E-state index is -0.0700. The van der Waals surface area contributed by atoms with Crippen LogP contribution in [0.15, 0.2) is 77.4 Å². The highest BCUT2D eigenvalue weighted by atomic mass is 79.9. The molecule has 4 rings (SSSR count). The Labute approximate surface area is 184 Å². The van der Waals surface area contributed by atoms with E-state index in [-0.39, 0.29) is 17.1 Å². The molecule has 1 fully saturated rings. The molecule has 6 heteroatoms. The zero-order valence-electron chi connectivity index (χ0n) is 15.8. The molecule has 0 unspecified atom stereocenters. The minimum Gasteiger partial charge on any atom is -0.336 e. The van der Waals surface area contributed by atoms with E-state index in [9.17, 15) is 4.79 Å². The summed E-state index contributed by atoms with van der Waals surface area (Å²) in [7, 11) is 0. The van der Waals surface area contributed by atoms with Crippen molar-refractivity contribution in [3.63, 3.8) is 0 Å². The zero-order valence-corrected chi connectivity index (χ0v) is 18.2. The van der Waals surface area contributed by atoms with E-state index in [4.69, 9.17) is 11.6 Å². The van der Waals surface area contributed by atoms with Gasteiger partial charge >= 0.3 is 0 Å². The van der Waals surface area contributed by atoms with Crippen LogP contribution in [0, 0.1) is 0 Å². The molecule has 0 spiro atoms. The highest BCUT2D eigenvalue weighted by Crippen LogP contribution is 2.30. The molecule has 0 saturated carbocycles. The van der Waals surface area contributed by atoms with E-state index in [0.717, 1.165) is 17.6 Å². The van der Waals surface area contributed by atoms with E-state index in [1.165, 1.54) is 11.1 Å². The first-order chi connectivity index (χ1) is 14.1. The van der Waals surface area contributed by atoms with E-state index < -0.39 is 0 Å². The van der Waals surface area contributed by atoms with E-state index >= 15 is 0 Å². The van der Waals surface area contributed by atoms with Gasteiger partial charge in [-0.25, -0.2) is 4.98 Å². The monoisotopic (exact) mass is 469 g/mol. The van der Waals surface area contributed by atoms with Gasteiger partial charge < -0.3 is 4.90 Å². The van der Waals surface area contributed by atoms with Crippen LogP contribution in [0.1, 0.15) is 27.5 Å². The Bertz CT molecular complexity index is 936. The summed E-state index contributed by atoms with van der Waals surface area (Å²) >= 11 is 9.53. The second kappa shape index (κ2) is 9.08. The molecule has 0 N–H and O–H groups in total. The number of amides is 1.